The molecule has 0 heterocycles. The molecule has 0 bridgehead atoms. The number of ether oxygens (including phenoxy) is 2. The molecule has 0 spiro atoms. The van der Waals surface area contributed by atoms with Gasteiger partial charge < -0.3 is 24.4 Å². The number of hydrogen-bond acceptors (Lipinski definition) is 7. The lowest BCUT2D eigenvalue weighted by atomic mass is 10.0. The Hall–Kier alpha value is -2.03. The molecule has 0 aromatic carbocycles. The molecular weight excluding hydrogens is 679 g/mol. The summed E-state index contributed by atoms with van der Waals surface area (Å²) < 4.78 is 26.3. The number of aliphatic hydroxyl groups is 1. The molecule has 10 heteroatoms. The zero-order chi connectivity index (χ0) is 38.5. The van der Waals surface area contributed by atoms with Gasteiger partial charge in [-0.2, -0.15) is 0 Å². The Balaban J connectivity index is 4.11. The number of rotatable bonds is 36. The predicted octanol–water partition coefficient (Wildman–Crippen LogP) is 11.2. The van der Waals surface area contributed by atoms with Crippen LogP contribution < -0.4 is 0 Å². The van der Waals surface area contributed by atoms with Crippen LogP contribution in [0.3, 0.4) is 0 Å². The van der Waals surface area contributed by atoms with Gasteiger partial charge in [-0.1, -0.05) is 166 Å². The standard InChI is InChI=1S/C42H75O9P/c1-4-5-6-7-8-14-18-22-27-32-39(43)33-28-23-20-25-30-35-42(45)51-40(37-50-52(46,47)48)36-49-41(44)34-29-24-19-16-13-11-9-10-12-15-17-21-26-31-38(2)3/h8,14,20,22-23,27-28,33,38-40,43H,4-7,9-13,15-19,21,24-26,29-32,34-37H2,1-3H3,(H2,46,47,48)/b14-8-,23-20+,27-22-,33-28-/t39?,40-/m1/s1. The van der Waals surface area contributed by atoms with Gasteiger partial charge >= 0.3 is 19.8 Å². The summed E-state index contributed by atoms with van der Waals surface area (Å²) in [4.78, 5) is 42.8. The molecular formula is C42H75O9P. The summed E-state index contributed by atoms with van der Waals surface area (Å²) in [6.07, 6.45) is 38.6. The highest BCUT2D eigenvalue weighted by Gasteiger charge is 2.22. The van der Waals surface area contributed by atoms with Gasteiger partial charge in [-0.3, -0.25) is 14.1 Å². The van der Waals surface area contributed by atoms with Crippen molar-refractivity contribution < 1.29 is 43.0 Å². The minimum atomic E-state index is -4.79. The Morgan fingerprint density at radius 3 is 1.85 bits per heavy atom. The van der Waals surface area contributed by atoms with E-state index in [1.807, 2.05) is 18.2 Å². The van der Waals surface area contributed by atoms with Gasteiger partial charge in [0.05, 0.1) is 12.7 Å². The number of carbonyl (C=O) groups excluding carboxylic acids is 2. The first-order valence-corrected chi connectivity index (χ1v) is 21.9. The topological polar surface area (TPSA) is 140 Å². The maximum atomic E-state index is 12.4. The van der Waals surface area contributed by atoms with E-state index in [0.717, 1.165) is 38.0 Å². The number of phosphoric ester groups is 1. The van der Waals surface area contributed by atoms with Crippen molar-refractivity contribution >= 4 is 19.8 Å². The summed E-state index contributed by atoms with van der Waals surface area (Å²) in [6.45, 7) is 5.86. The Labute approximate surface area is 317 Å². The van der Waals surface area contributed by atoms with E-state index in [1.165, 1.54) is 83.5 Å². The lowest BCUT2D eigenvalue weighted by Gasteiger charge is -2.18. The van der Waals surface area contributed by atoms with Crippen molar-refractivity contribution in [2.75, 3.05) is 13.2 Å². The first-order valence-electron chi connectivity index (χ1n) is 20.4. The van der Waals surface area contributed by atoms with E-state index in [1.54, 1.807) is 12.2 Å². The first-order chi connectivity index (χ1) is 25.0. The lowest BCUT2D eigenvalue weighted by molar-refractivity contribution is -0.161. The molecule has 0 aliphatic heterocycles. The third-order valence-electron chi connectivity index (χ3n) is 8.61. The fourth-order valence-electron chi connectivity index (χ4n) is 5.51. The maximum Gasteiger partial charge on any atom is 0.469 e. The van der Waals surface area contributed by atoms with Crippen LogP contribution in [0.5, 0.6) is 0 Å². The van der Waals surface area contributed by atoms with E-state index in [4.69, 9.17) is 19.3 Å². The van der Waals surface area contributed by atoms with Gasteiger partial charge in [0.1, 0.15) is 6.61 Å². The Morgan fingerprint density at radius 1 is 0.654 bits per heavy atom. The van der Waals surface area contributed by atoms with Crippen LogP contribution in [0.25, 0.3) is 0 Å². The number of carbonyl (C=O) groups is 2. The molecule has 0 aliphatic rings. The van der Waals surface area contributed by atoms with Crippen molar-refractivity contribution in [2.24, 2.45) is 5.92 Å². The van der Waals surface area contributed by atoms with Gasteiger partial charge in [0.2, 0.25) is 0 Å². The second kappa shape index (κ2) is 36.0. The molecule has 302 valence electrons. The zero-order valence-corrected chi connectivity index (χ0v) is 33.9. The average molecular weight is 755 g/mol. The molecule has 9 nitrogen and oxygen atoms in total. The van der Waals surface area contributed by atoms with E-state index >= 15 is 0 Å². The molecule has 1 unspecified atom stereocenters. The van der Waals surface area contributed by atoms with Crippen molar-refractivity contribution in [1.29, 1.82) is 0 Å². The summed E-state index contributed by atoms with van der Waals surface area (Å²) in [5.74, 6) is -0.196. The number of aliphatic hydroxyl groups excluding tert-OH is 1. The molecule has 0 rings (SSSR count). The Kier molecular flexibility index (Phi) is 34.6. The zero-order valence-electron chi connectivity index (χ0n) is 33.0. The fourth-order valence-corrected chi connectivity index (χ4v) is 5.87. The minimum Gasteiger partial charge on any atom is -0.462 e. The van der Waals surface area contributed by atoms with Gasteiger partial charge in [0.15, 0.2) is 6.10 Å². The Bertz CT molecular complexity index is 1010. The molecule has 0 aromatic rings. The minimum absolute atomic E-state index is 0.0768. The highest BCUT2D eigenvalue weighted by Crippen LogP contribution is 2.36. The van der Waals surface area contributed by atoms with Gasteiger partial charge in [-0.15, -0.1) is 0 Å². The van der Waals surface area contributed by atoms with Crippen molar-refractivity contribution in [3.63, 3.8) is 0 Å². The van der Waals surface area contributed by atoms with Crippen LogP contribution in [0.15, 0.2) is 48.6 Å². The molecule has 0 radical (unpaired) electrons. The maximum absolute atomic E-state index is 12.4. The summed E-state index contributed by atoms with van der Waals surface area (Å²) in [5.41, 5.74) is 0. The van der Waals surface area contributed by atoms with Crippen LogP contribution in [-0.2, 0) is 28.2 Å². The van der Waals surface area contributed by atoms with Gasteiger partial charge in [-0.25, -0.2) is 4.57 Å². The molecule has 0 fully saturated rings. The number of allylic oxidation sites excluding steroid dienone is 6. The van der Waals surface area contributed by atoms with Crippen LogP contribution in [-0.4, -0.2) is 52.3 Å². The second-order valence-corrected chi connectivity index (χ2v) is 15.5. The van der Waals surface area contributed by atoms with E-state index in [-0.39, 0.29) is 19.4 Å². The largest absolute Gasteiger partial charge is 0.469 e. The monoisotopic (exact) mass is 755 g/mol. The second-order valence-electron chi connectivity index (χ2n) is 14.3. The molecule has 0 amide bonds. The third kappa shape index (κ3) is 39.2. The molecule has 2 atom stereocenters. The van der Waals surface area contributed by atoms with E-state index in [2.05, 4.69) is 43.5 Å². The number of esters is 2. The number of hydrogen-bond donors (Lipinski definition) is 3. The van der Waals surface area contributed by atoms with Crippen LogP contribution in [0, 0.1) is 5.92 Å². The highest BCUT2D eigenvalue weighted by molar-refractivity contribution is 7.46. The summed E-state index contributed by atoms with van der Waals surface area (Å²) >= 11 is 0. The fraction of sp³-hybridized carbons (Fsp3) is 0.762. The Morgan fingerprint density at radius 2 is 1.23 bits per heavy atom. The summed E-state index contributed by atoms with van der Waals surface area (Å²) in [6, 6.07) is 0. The van der Waals surface area contributed by atoms with E-state index < -0.39 is 38.6 Å². The quantitative estimate of drug-likeness (QED) is 0.0187. The van der Waals surface area contributed by atoms with Crippen LogP contribution in [0.4, 0.5) is 0 Å². The van der Waals surface area contributed by atoms with Crippen LogP contribution in [0.1, 0.15) is 175 Å². The third-order valence-corrected chi connectivity index (χ3v) is 9.09. The normalized spacial score (nSPS) is 13.7. The number of unbranched alkanes of at least 4 members (excludes halogenated alkanes) is 16. The van der Waals surface area contributed by atoms with Crippen LogP contribution >= 0.6 is 7.82 Å². The summed E-state index contributed by atoms with van der Waals surface area (Å²) in [7, 11) is -4.79. The van der Waals surface area contributed by atoms with Crippen LogP contribution in [0.2, 0.25) is 0 Å². The average Bonchev–Trinajstić information content (AvgIpc) is 3.09. The molecule has 3 N–H and O–H groups in total. The smallest absolute Gasteiger partial charge is 0.462 e. The molecule has 52 heavy (non-hydrogen) atoms. The molecule has 0 aromatic heterocycles. The van der Waals surface area contributed by atoms with Crippen molar-refractivity contribution in [1.82, 2.24) is 0 Å². The van der Waals surface area contributed by atoms with Gasteiger partial charge in [-0.05, 0) is 50.9 Å². The molecule has 0 saturated carbocycles. The van der Waals surface area contributed by atoms with Gasteiger partial charge in [0.25, 0.3) is 0 Å². The number of phosphoric acid groups is 1. The SMILES string of the molecule is CCCCC/C=C\C/C=C\CC(O)/C=C\C=C\CCCC(=O)O[C@H](COC(=O)CCCCCCCCCCCCCCCC(C)C)COP(=O)(O)O. The predicted molar refractivity (Wildman–Crippen MR) is 213 cm³/mol. The van der Waals surface area contributed by atoms with Crippen molar-refractivity contribution in [3.8, 4) is 0 Å². The van der Waals surface area contributed by atoms with Crippen molar-refractivity contribution in [3.05, 3.63) is 48.6 Å². The lowest BCUT2D eigenvalue weighted by Crippen LogP contribution is -2.29. The summed E-state index contributed by atoms with van der Waals surface area (Å²) in [5, 5.41) is 10.1. The highest BCUT2D eigenvalue weighted by atomic mass is 31.2. The first kappa shape index (κ1) is 50.0. The van der Waals surface area contributed by atoms with E-state index in [9.17, 15) is 19.3 Å². The van der Waals surface area contributed by atoms with E-state index in [0.29, 0.717) is 25.7 Å². The molecule has 0 saturated heterocycles. The molecule has 0 aliphatic carbocycles. The van der Waals surface area contributed by atoms with Crippen molar-refractivity contribution in [2.45, 2.75) is 187 Å². The van der Waals surface area contributed by atoms with Gasteiger partial charge in [0, 0.05) is 12.8 Å².